The van der Waals surface area contributed by atoms with Gasteiger partial charge in [-0.15, -0.1) is 0 Å². The van der Waals surface area contributed by atoms with Gasteiger partial charge < -0.3 is 10.2 Å². The lowest BCUT2D eigenvalue weighted by Gasteiger charge is -2.15. The second-order valence-electron chi connectivity index (χ2n) is 6.68. The molecule has 5 heteroatoms. The molecule has 0 aliphatic carbocycles. The highest BCUT2D eigenvalue weighted by atomic mass is 32.2. The molecule has 1 fully saturated rings. The summed E-state index contributed by atoms with van der Waals surface area (Å²) in [6.45, 7) is 5.50. The van der Waals surface area contributed by atoms with Gasteiger partial charge in [-0.3, -0.25) is 9.59 Å². The highest BCUT2D eigenvalue weighted by Crippen LogP contribution is 2.31. The molecule has 4 nitrogen and oxygen atoms in total. The van der Waals surface area contributed by atoms with Crippen LogP contribution < -0.4 is 5.32 Å². The van der Waals surface area contributed by atoms with Gasteiger partial charge >= 0.3 is 0 Å². The highest BCUT2D eigenvalue weighted by Gasteiger charge is 2.20. The quantitative estimate of drug-likeness (QED) is 0.822. The van der Waals surface area contributed by atoms with E-state index < -0.39 is 0 Å². The number of rotatable bonds is 6. The summed E-state index contributed by atoms with van der Waals surface area (Å²) in [7, 11) is 0. The third kappa shape index (κ3) is 4.88. The number of carbonyl (C=O) groups is 2. The van der Waals surface area contributed by atoms with E-state index in [4.69, 9.17) is 0 Å². The molecule has 0 aromatic heterocycles. The molecule has 0 spiro atoms. The smallest absolute Gasteiger partial charge is 0.226 e. The molecule has 0 atom stereocenters. The highest BCUT2D eigenvalue weighted by molar-refractivity contribution is 7.99. The van der Waals surface area contributed by atoms with E-state index in [1.54, 1.807) is 16.7 Å². The van der Waals surface area contributed by atoms with Gasteiger partial charge in [0.15, 0.2) is 0 Å². The average Bonchev–Trinajstić information content (AvgIpc) is 3.02. The lowest BCUT2D eigenvalue weighted by atomic mass is 10.2. The summed E-state index contributed by atoms with van der Waals surface area (Å²) < 4.78 is 0. The first-order valence-corrected chi connectivity index (χ1v) is 9.76. The predicted octanol–water partition coefficient (Wildman–Crippen LogP) is 4.41. The number of nitrogens with one attached hydrogen (secondary N) is 1. The van der Waals surface area contributed by atoms with Crippen LogP contribution in [-0.4, -0.2) is 29.8 Å². The van der Waals surface area contributed by atoms with Gasteiger partial charge in [0.05, 0.1) is 0 Å². The third-order valence-electron chi connectivity index (χ3n) is 4.48. The van der Waals surface area contributed by atoms with Crippen LogP contribution in [0.2, 0.25) is 0 Å². The zero-order valence-electron chi connectivity index (χ0n) is 15.2. The fraction of sp³-hybridized carbons (Fsp3) is 0.333. The number of carbonyl (C=O) groups excluding carboxylic acids is 2. The third-order valence-corrected chi connectivity index (χ3v) is 5.66. The number of anilines is 1. The maximum atomic E-state index is 12.1. The first-order chi connectivity index (χ1) is 12.5. The Labute approximate surface area is 159 Å². The van der Waals surface area contributed by atoms with E-state index in [9.17, 15) is 9.59 Å². The molecular formula is C21H24N2O2S. The van der Waals surface area contributed by atoms with Crippen molar-refractivity contribution in [3.05, 3.63) is 53.6 Å². The van der Waals surface area contributed by atoms with Gasteiger partial charge in [0.25, 0.3) is 0 Å². The van der Waals surface area contributed by atoms with Crippen LogP contribution >= 0.6 is 11.8 Å². The van der Waals surface area contributed by atoms with Gasteiger partial charge in [0, 0.05) is 41.4 Å². The van der Waals surface area contributed by atoms with E-state index in [1.807, 2.05) is 24.3 Å². The normalized spacial score (nSPS) is 13.9. The summed E-state index contributed by atoms with van der Waals surface area (Å²) in [6.07, 6.45) is 1.85. The van der Waals surface area contributed by atoms with Crippen LogP contribution in [0.15, 0.2) is 52.3 Å². The van der Waals surface area contributed by atoms with Crippen molar-refractivity contribution >= 4 is 29.3 Å². The molecule has 2 amide bonds. The lowest BCUT2D eigenvalue weighted by Crippen LogP contribution is -2.28. The molecule has 136 valence electrons. The zero-order valence-corrected chi connectivity index (χ0v) is 16.1. The summed E-state index contributed by atoms with van der Waals surface area (Å²) in [4.78, 5) is 27.8. The summed E-state index contributed by atoms with van der Waals surface area (Å²) in [5.74, 6) is 0.102. The van der Waals surface area contributed by atoms with Crippen LogP contribution in [0.3, 0.4) is 0 Å². The Balaban J connectivity index is 1.52. The number of hydrogen-bond donors (Lipinski definition) is 1. The van der Waals surface area contributed by atoms with Gasteiger partial charge in [-0.1, -0.05) is 29.5 Å². The number of amides is 2. The Morgan fingerprint density at radius 1 is 1.15 bits per heavy atom. The Kier molecular flexibility index (Phi) is 5.99. The molecule has 2 aromatic carbocycles. The Morgan fingerprint density at radius 3 is 2.58 bits per heavy atom. The number of aryl methyl sites for hydroxylation is 2. The van der Waals surface area contributed by atoms with Crippen LogP contribution in [0.5, 0.6) is 0 Å². The molecule has 26 heavy (non-hydrogen) atoms. The van der Waals surface area contributed by atoms with Crippen molar-refractivity contribution in [2.75, 3.05) is 18.4 Å². The fourth-order valence-corrected chi connectivity index (χ4v) is 3.93. The van der Waals surface area contributed by atoms with Crippen molar-refractivity contribution < 1.29 is 9.59 Å². The van der Waals surface area contributed by atoms with Gasteiger partial charge in [-0.2, -0.15) is 0 Å². The van der Waals surface area contributed by atoms with Crippen molar-refractivity contribution in [1.29, 1.82) is 0 Å². The maximum absolute atomic E-state index is 12.1. The minimum atomic E-state index is -0.0560. The molecule has 1 aliphatic rings. The van der Waals surface area contributed by atoms with Gasteiger partial charge in [-0.25, -0.2) is 0 Å². The number of nitrogens with zero attached hydrogens (tertiary/aromatic N) is 1. The molecule has 0 bridgehead atoms. The second-order valence-corrected chi connectivity index (χ2v) is 7.79. The SMILES string of the molecule is Cc1ccc(Sc2ccc(NC(=O)CCN3CCCC3=O)cc2)c(C)c1. The molecule has 1 heterocycles. The van der Waals surface area contributed by atoms with Crippen molar-refractivity contribution in [2.24, 2.45) is 0 Å². The summed E-state index contributed by atoms with van der Waals surface area (Å²) in [6, 6.07) is 14.3. The first-order valence-electron chi connectivity index (χ1n) is 8.94. The zero-order chi connectivity index (χ0) is 18.5. The predicted molar refractivity (Wildman–Crippen MR) is 106 cm³/mol. The molecule has 0 unspecified atom stereocenters. The second kappa shape index (κ2) is 8.41. The number of likely N-dealkylation sites (tertiary alicyclic amines) is 1. The topological polar surface area (TPSA) is 49.4 Å². The molecule has 1 N–H and O–H groups in total. The number of hydrogen-bond acceptors (Lipinski definition) is 3. The first kappa shape index (κ1) is 18.5. The standard InChI is InChI=1S/C21H24N2O2S/c1-15-5-10-19(16(2)14-15)26-18-8-6-17(7-9-18)22-20(24)11-13-23-12-3-4-21(23)25/h5-10,14H,3-4,11-13H2,1-2H3,(H,22,24). The average molecular weight is 369 g/mol. The van der Waals surface area contributed by atoms with E-state index >= 15 is 0 Å². The van der Waals surface area contributed by atoms with E-state index in [1.165, 1.54) is 16.0 Å². The van der Waals surface area contributed by atoms with Crippen molar-refractivity contribution in [3.8, 4) is 0 Å². The number of benzene rings is 2. The van der Waals surface area contributed by atoms with Crippen molar-refractivity contribution in [3.63, 3.8) is 0 Å². The van der Waals surface area contributed by atoms with Crippen LogP contribution in [0.25, 0.3) is 0 Å². The Bertz CT molecular complexity index is 802. The van der Waals surface area contributed by atoms with Crippen molar-refractivity contribution in [1.82, 2.24) is 4.90 Å². The minimum absolute atomic E-state index is 0.0560. The molecular weight excluding hydrogens is 344 g/mol. The monoisotopic (exact) mass is 368 g/mol. The van der Waals surface area contributed by atoms with Crippen LogP contribution in [0, 0.1) is 13.8 Å². The van der Waals surface area contributed by atoms with E-state index in [-0.39, 0.29) is 11.8 Å². The van der Waals surface area contributed by atoms with Crippen LogP contribution in [0.1, 0.15) is 30.4 Å². The fourth-order valence-electron chi connectivity index (χ4n) is 3.05. The lowest BCUT2D eigenvalue weighted by molar-refractivity contribution is -0.128. The van der Waals surface area contributed by atoms with E-state index in [0.29, 0.717) is 19.4 Å². The molecule has 0 saturated carbocycles. The molecule has 2 aromatic rings. The Morgan fingerprint density at radius 2 is 1.92 bits per heavy atom. The van der Waals surface area contributed by atoms with Crippen molar-refractivity contribution in [2.45, 2.75) is 42.9 Å². The Hall–Kier alpha value is -2.27. The molecule has 1 aliphatic heterocycles. The van der Waals surface area contributed by atoms with E-state index in [2.05, 4.69) is 37.4 Å². The van der Waals surface area contributed by atoms with Gasteiger partial charge in [0.2, 0.25) is 11.8 Å². The molecule has 3 rings (SSSR count). The molecule has 0 radical (unpaired) electrons. The summed E-state index contributed by atoms with van der Waals surface area (Å²) in [5, 5.41) is 2.90. The van der Waals surface area contributed by atoms with Gasteiger partial charge in [0.1, 0.15) is 0 Å². The minimum Gasteiger partial charge on any atom is -0.342 e. The molecule has 1 saturated heterocycles. The maximum Gasteiger partial charge on any atom is 0.226 e. The summed E-state index contributed by atoms with van der Waals surface area (Å²) in [5.41, 5.74) is 3.32. The largest absolute Gasteiger partial charge is 0.342 e. The van der Waals surface area contributed by atoms with Crippen LogP contribution in [0.4, 0.5) is 5.69 Å². The summed E-state index contributed by atoms with van der Waals surface area (Å²) >= 11 is 1.72. The van der Waals surface area contributed by atoms with Gasteiger partial charge in [-0.05, 0) is 56.2 Å². The van der Waals surface area contributed by atoms with E-state index in [0.717, 1.165) is 23.5 Å². The van der Waals surface area contributed by atoms with Crippen LogP contribution in [-0.2, 0) is 9.59 Å².